The number of carbonyl (C=O) groups is 1. The molecule has 6 nitrogen and oxygen atoms in total. The molecule has 0 aliphatic rings. The Morgan fingerprint density at radius 3 is 2.54 bits per heavy atom. The van der Waals surface area contributed by atoms with Crippen molar-refractivity contribution in [1.82, 2.24) is 10.2 Å². The van der Waals surface area contributed by atoms with Crippen LogP contribution in [0, 0.1) is 6.92 Å². The van der Waals surface area contributed by atoms with Crippen molar-refractivity contribution in [3.63, 3.8) is 0 Å². The summed E-state index contributed by atoms with van der Waals surface area (Å²) in [6.45, 7) is 3.63. The smallest absolute Gasteiger partial charge is 0.349 e. The van der Waals surface area contributed by atoms with Crippen molar-refractivity contribution in [1.29, 1.82) is 0 Å². The highest BCUT2D eigenvalue weighted by Gasteiger charge is 2.20. The number of methoxy groups -OCH3 is 1. The lowest BCUT2D eigenvalue weighted by molar-refractivity contribution is 0.0285. The third-order valence-electron chi connectivity index (χ3n) is 3.35. The van der Waals surface area contributed by atoms with Crippen molar-refractivity contribution in [2.75, 3.05) is 7.11 Å². The SMILES string of the molecule is COc1ccc(-c2nnc([C@@H](C)OC(=O)c3ccc(C)s3)o2)cc1. The van der Waals surface area contributed by atoms with Crippen LogP contribution in [-0.4, -0.2) is 23.3 Å². The summed E-state index contributed by atoms with van der Waals surface area (Å²) in [4.78, 5) is 13.7. The van der Waals surface area contributed by atoms with Gasteiger partial charge in [0.1, 0.15) is 10.6 Å². The fourth-order valence-corrected chi connectivity index (χ4v) is 2.81. The summed E-state index contributed by atoms with van der Waals surface area (Å²) in [5.41, 5.74) is 0.766. The summed E-state index contributed by atoms with van der Waals surface area (Å²) in [6, 6.07) is 10.9. The van der Waals surface area contributed by atoms with Crippen molar-refractivity contribution in [2.24, 2.45) is 0 Å². The molecule has 1 aromatic carbocycles. The Morgan fingerprint density at radius 1 is 1.17 bits per heavy atom. The summed E-state index contributed by atoms with van der Waals surface area (Å²) >= 11 is 1.39. The van der Waals surface area contributed by atoms with Gasteiger partial charge < -0.3 is 13.9 Å². The molecule has 0 aliphatic heterocycles. The number of nitrogens with zero attached hydrogens (tertiary/aromatic N) is 2. The van der Waals surface area contributed by atoms with E-state index in [-0.39, 0.29) is 5.89 Å². The molecule has 2 heterocycles. The molecule has 0 amide bonds. The molecule has 7 heteroatoms. The van der Waals surface area contributed by atoms with Crippen molar-refractivity contribution in [3.05, 3.63) is 52.0 Å². The zero-order valence-corrected chi connectivity index (χ0v) is 14.3. The molecule has 0 saturated carbocycles. The van der Waals surface area contributed by atoms with Gasteiger partial charge in [-0.25, -0.2) is 4.79 Å². The fraction of sp³-hybridized carbons (Fsp3) is 0.235. The molecule has 24 heavy (non-hydrogen) atoms. The lowest BCUT2D eigenvalue weighted by Crippen LogP contribution is -2.08. The second-order valence-corrected chi connectivity index (χ2v) is 6.42. The molecule has 3 rings (SSSR count). The molecule has 0 radical (unpaired) electrons. The van der Waals surface area contributed by atoms with E-state index in [0.717, 1.165) is 16.2 Å². The molecule has 2 aromatic heterocycles. The molecular formula is C17H16N2O4S. The monoisotopic (exact) mass is 344 g/mol. The zero-order chi connectivity index (χ0) is 17.1. The molecule has 1 atom stereocenters. The molecule has 0 saturated heterocycles. The summed E-state index contributed by atoms with van der Waals surface area (Å²) in [6.07, 6.45) is -0.626. The van der Waals surface area contributed by atoms with Crippen LogP contribution < -0.4 is 4.74 Å². The minimum atomic E-state index is -0.626. The Balaban J connectivity index is 1.71. The number of aromatic nitrogens is 2. The molecule has 0 N–H and O–H groups in total. The predicted octanol–water partition coefficient (Wildman–Crippen LogP) is 4.03. The zero-order valence-electron chi connectivity index (χ0n) is 13.5. The molecular weight excluding hydrogens is 328 g/mol. The van der Waals surface area contributed by atoms with Crippen LogP contribution in [-0.2, 0) is 4.74 Å². The number of thiophene rings is 1. The highest BCUT2D eigenvalue weighted by molar-refractivity contribution is 7.13. The predicted molar refractivity (Wildman–Crippen MR) is 89.2 cm³/mol. The maximum Gasteiger partial charge on any atom is 0.349 e. The van der Waals surface area contributed by atoms with Crippen LogP contribution in [0.1, 0.15) is 33.5 Å². The summed E-state index contributed by atoms with van der Waals surface area (Å²) in [7, 11) is 1.60. The van der Waals surface area contributed by atoms with E-state index in [1.807, 2.05) is 37.3 Å². The van der Waals surface area contributed by atoms with Crippen molar-refractivity contribution in [2.45, 2.75) is 20.0 Å². The van der Waals surface area contributed by atoms with Gasteiger partial charge in [-0.2, -0.15) is 0 Å². The number of carbonyl (C=O) groups excluding carboxylic acids is 1. The Bertz CT molecular complexity index is 838. The molecule has 124 valence electrons. The minimum Gasteiger partial charge on any atom is -0.497 e. The molecule has 0 spiro atoms. The van der Waals surface area contributed by atoms with E-state index in [9.17, 15) is 4.79 Å². The topological polar surface area (TPSA) is 74.5 Å². The van der Waals surface area contributed by atoms with Crippen LogP contribution in [0.25, 0.3) is 11.5 Å². The van der Waals surface area contributed by atoms with Crippen LogP contribution in [0.15, 0.2) is 40.8 Å². The van der Waals surface area contributed by atoms with Gasteiger partial charge in [0.2, 0.25) is 5.89 Å². The number of rotatable bonds is 5. The molecule has 3 aromatic rings. The molecule has 0 fully saturated rings. The Hall–Kier alpha value is -2.67. The summed E-state index contributed by atoms with van der Waals surface area (Å²) in [5, 5.41) is 7.97. The minimum absolute atomic E-state index is 0.252. The van der Waals surface area contributed by atoms with Crippen LogP contribution >= 0.6 is 11.3 Å². The van der Waals surface area contributed by atoms with Crippen LogP contribution in [0.5, 0.6) is 5.75 Å². The third kappa shape index (κ3) is 3.46. The number of hydrogen-bond acceptors (Lipinski definition) is 7. The first-order chi connectivity index (χ1) is 11.6. The van der Waals surface area contributed by atoms with E-state index in [0.29, 0.717) is 10.8 Å². The maximum absolute atomic E-state index is 12.1. The van der Waals surface area contributed by atoms with E-state index in [4.69, 9.17) is 13.9 Å². The Labute approximate surface area is 143 Å². The van der Waals surface area contributed by atoms with Crippen molar-refractivity contribution >= 4 is 17.3 Å². The lowest BCUT2D eigenvalue weighted by Gasteiger charge is -2.07. The van der Waals surface area contributed by atoms with Crippen LogP contribution in [0.4, 0.5) is 0 Å². The number of aryl methyl sites for hydroxylation is 1. The first-order valence-corrected chi connectivity index (χ1v) is 8.13. The second-order valence-electron chi connectivity index (χ2n) is 5.13. The third-order valence-corrected chi connectivity index (χ3v) is 4.33. The quantitative estimate of drug-likeness (QED) is 0.651. The molecule has 0 aliphatic carbocycles. The first-order valence-electron chi connectivity index (χ1n) is 7.32. The fourth-order valence-electron chi connectivity index (χ4n) is 2.06. The summed E-state index contributed by atoms with van der Waals surface area (Å²) < 4.78 is 16.1. The van der Waals surface area contributed by atoms with Gasteiger partial charge in [-0.1, -0.05) is 0 Å². The summed E-state index contributed by atoms with van der Waals surface area (Å²) in [5.74, 6) is 0.960. The normalized spacial score (nSPS) is 12.0. The largest absolute Gasteiger partial charge is 0.497 e. The van der Waals surface area contributed by atoms with Crippen molar-refractivity contribution < 1.29 is 18.7 Å². The highest BCUT2D eigenvalue weighted by Crippen LogP contribution is 2.25. The van der Waals surface area contributed by atoms with Gasteiger partial charge >= 0.3 is 5.97 Å². The van der Waals surface area contributed by atoms with Gasteiger partial charge in [-0.3, -0.25) is 0 Å². The van der Waals surface area contributed by atoms with E-state index < -0.39 is 12.1 Å². The number of ether oxygens (including phenoxy) is 2. The lowest BCUT2D eigenvalue weighted by atomic mass is 10.2. The first kappa shape index (κ1) is 16.2. The maximum atomic E-state index is 12.1. The van der Waals surface area contributed by atoms with Crippen molar-refractivity contribution in [3.8, 4) is 17.2 Å². The Kier molecular flexibility index (Phi) is 4.61. The van der Waals surface area contributed by atoms with Crippen LogP contribution in [0.3, 0.4) is 0 Å². The van der Waals surface area contributed by atoms with Gasteiger partial charge in [-0.05, 0) is 50.2 Å². The molecule has 0 bridgehead atoms. The highest BCUT2D eigenvalue weighted by atomic mass is 32.1. The average molecular weight is 344 g/mol. The van der Waals surface area contributed by atoms with Gasteiger partial charge in [0.25, 0.3) is 5.89 Å². The average Bonchev–Trinajstić information content (AvgIpc) is 3.24. The number of benzene rings is 1. The van der Waals surface area contributed by atoms with Gasteiger partial charge in [0.15, 0.2) is 6.10 Å². The van der Waals surface area contributed by atoms with E-state index in [1.165, 1.54) is 11.3 Å². The molecule has 0 unspecified atom stereocenters. The number of esters is 1. The van der Waals surface area contributed by atoms with Gasteiger partial charge in [-0.15, -0.1) is 21.5 Å². The van der Waals surface area contributed by atoms with Gasteiger partial charge in [0.05, 0.1) is 7.11 Å². The van der Waals surface area contributed by atoms with Crippen LogP contribution in [0.2, 0.25) is 0 Å². The Morgan fingerprint density at radius 2 is 1.92 bits per heavy atom. The van der Waals surface area contributed by atoms with Gasteiger partial charge in [0, 0.05) is 10.4 Å². The number of hydrogen-bond donors (Lipinski definition) is 0. The second kappa shape index (κ2) is 6.84. The van der Waals surface area contributed by atoms with E-state index in [2.05, 4.69) is 10.2 Å². The van der Waals surface area contributed by atoms with E-state index in [1.54, 1.807) is 20.1 Å². The standard InChI is InChI=1S/C17H16N2O4S/c1-10-4-9-14(24-10)17(20)22-11(2)15-18-19-16(23-15)12-5-7-13(21-3)8-6-12/h4-9,11H,1-3H3/t11-/m1/s1. The van der Waals surface area contributed by atoms with E-state index >= 15 is 0 Å².